The molecule has 0 spiro atoms. The molecule has 0 aromatic heterocycles. The highest BCUT2D eigenvalue weighted by atomic mass is 31.0. The summed E-state index contributed by atoms with van der Waals surface area (Å²) in [7, 11) is 2.63. The van der Waals surface area contributed by atoms with Crippen LogP contribution in [0, 0.1) is 5.82 Å². The van der Waals surface area contributed by atoms with Crippen molar-refractivity contribution in [3.63, 3.8) is 0 Å². The van der Waals surface area contributed by atoms with Crippen LogP contribution < -0.4 is 10.6 Å². The minimum absolute atomic E-state index is 0.174. The lowest BCUT2D eigenvalue weighted by Gasteiger charge is -2.10. The van der Waals surface area contributed by atoms with Crippen LogP contribution >= 0.6 is 9.24 Å². The van der Waals surface area contributed by atoms with Crippen LogP contribution in [-0.4, -0.2) is 13.1 Å². The Morgan fingerprint density at radius 3 is 2.60 bits per heavy atom. The molecule has 3 rings (SSSR count). The molecule has 1 atom stereocenters. The molecule has 2 aromatic rings. The van der Waals surface area contributed by atoms with Gasteiger partial charge in [-0.25, -0.2) is 4.39 Å². The number of rotatable bonds is 2. The average molecular weight is 287 g/mol. The fourth-order valence-corrected chi connectivity index (χ4v) is 3.14. The Bertz CT molecular complexity index is 624. The number of benzene rings is 2. The molecule has 1 aliphatic rings. The highest BCUT2D eigenvalue weighted by Gasteiger charge is 2.09. The molecule has 1 N–H and O–H groups in total. The molecule has 0 fully saturated rings. The second-order valence-electron chi connectivity index (χ2n) is 5.37. The number of fused-ring (bicyclic) bond motifs is 1. The van der Waals surface area contributed by atoms with E-state index in [1.54, 1.807) is 6.07 Å². The summed E-state index contributed by atoms with van der Waals surface area (Å²) >= 11 is 0. The van der Waals surface area contributed by atoms with Gasteiger partial charge in [0.05, 0.1) is 0 Å². The third-order valence-corrected chi connectivity index (χ3v) is 4.45. The van der Waals surface area contributed by atoms with E-state index in [9.17, 15) is 4.39 Å². The van der Waals surface area contributed by atoms with Crippen LogP contribution in [0.1, 0.15) is 22.3 Å². The molecule has 1 heterocycles. The molecule has 0 aliphatic carbocycles. The largest absolute Gasteiger partial charge is 0.316 e. The quantitative estimate of drug-likeness (QED) is 0.837. The Morgan fingerprint density at radius 2 is 1.80 bits per heavy atom. The van der Waals surface area contributed by atoms with Crippen molar-refractivity contribution < 1.29 is 4.39 Å². The molecule has 2 aromatic carbocycles. The second-order valence-corrected chi connectivity index (χ2v) is 5.99. The summed E-state index contributed by atoms with van der Waals surface area (Å²) in [5.74, 6) is -0.174. The van der Waals surface area contributed by atoms with Gasteiger partial charge in [-0.2, -0.15) is 0 Å². The van der Waals surface area contributed by atoms with Crippen LogP contribution in [-0.2, 0) is 19.3 Å². The molecule has 1 nitrogen and oxygen atoms in total. The molecule has 3 heteroatoms. The summed E-state index contributed by atoms with van der Waals surface area (Å²) < 4.78 is 13.1. The van der Waals surface area contributed by atoms with E-state index in [2.05, 4.69) is 32.8 Å². The fraction of sp³-hybridized carbons (Fsp3) is 0.294. The van der Waals surface area contributed by atoms with E-state index >= 15 is 0 Å². The number of halogens is 1. The standard InChI is InChI=1S/C17H19FNP/c18-16-4-3-15(17(20)11-16)10-12-1-2-13-5-7-19-8-6-14(13)9-12/h1-4,9,11,19H,5-8,10,20H2. The maximum atomic E-state index is 13.1. The normalized spacial score (nSPS) is 14.7. The van der Waals surface area contributed by atoms with Gasteiger partial charge in [0, 0.05) is 0 Å². The molecule has 104 valence electrons. The minimum atomic E-state index is -0.174. The van der Waals surface area contributed by atoms with E-state index in [0.717, 1.165) is 37.7 Å². The zero-order chi connectivity index (χ0) is 13.9. The lowest BCUT2D eigenvalue weighted by atomic mass is 9.97. The summed E-state index contributed by atoms with van der Waals surface area (Å²) in [5, 5.41) is 4.38. The first kappa shape index (κ1) is 13.7. The van der Waals surface area contributed by atoms with Crippen LogP contribution in [0.15, 0.2) is 36.4 Å². The van der Waals surface area contributed by atoms with Gasteiger partial charge in [-0.15, -0.1) is 9.24 Å². The molecule has 1 unspecified atom stereocenters. The minimum Gasteiger partial charge on any atom is -0.316 e. The first-order valence-electron chi connectivity index (χ1n) is 7.08. The molecule has 0 saturated heterocycles. The lowest BCUT2D eigenvalue weighted by molar-refractivity contribution is 0.628. The van der Waals surface area contributed by atoms with Crippen molar-refractivity contribution in [3.05, 3.63) is 64.5 Å². The Balaban J connectivity index is 1.86. The van der Waals surface area contributed by atoms with E-state index in [-0.39, 0.29) is 5.82 Å². The third kappa shape index (κ3) is 3.08. The molecular formula is C17H19FNP. The van der Waals surface area contributed by atoms with Gasteiger partial charge >= 0.3 is 0 Å². The first-order valence-corrected chi connectivity index (χ1v) is 7.65. The van der Waals surface area contributed by atoms with Crippen molar-refractivity contribution in [1.29, 1.82) is 0 Å². The van der Waals surface area contributed by atoms with E-state index in [1.165, 1.54) is 28.3 Å². The summed E-state index contributed by atoms with van der Waals surface area (Å²) in [5.41, 5.74) is 5.40. The summed E-state index contributed by atoms with van der Waals surface area (Å²) in [6, 6.07) is 11.8. The zero-order valence-corrected chi connectivity index (χ0v) is 12.6. The SMILES string of the molecule is Fc1ccc(Cc2ccc3c(c2)CCNCC3)c(P)c1. The van der Waals surface area contributed by atoms with Crippen LogP contribution in [0.3, 0.4) is 0 Å². The topological polar surface area (TPSA) is 12.0 Å². The highest BCUT2D eigenvalue weighted by Crippen LogP contribution is 2.18. The van der Waals surface area contributed by atoms with E-state index in [0.29, 0.717) is 0 Å². The molecule has 0 radical (unpaired) electrons. The molecule has 0 saturated carbocycles. The van der Waals surface area contributed by atoms with Crippen molar-refractivity contribution in [3.8, 4) is 0 Å². The number of nitrogens with one attached hydrogen (secondary N) is 1. The van der Waals surface area contributed by atoms with Gasteiger partial charge in [0.1, 0.15) is 5.82 Å². The van der Waals surface area contributed by atoms with Crippen LogP contribution in [0.5, 0.6) is 0 Å². The molecule has 1 aliphatic heterocycles. The van der Waals surface area contributed by atoms with Crippen molar-refractivity contribution in [2.24, 2.45) is 0 Å². The molecular weight excluding hydrogens is 268 g/mol. The monoisotopic (exact) mass is 287 g/mol. The van der Waals surface area contributed by atoms with Crippen LogP contribution in [0.2, 0.25) is 0 Å². The van der Waals surface area contributed by atoms with Crippen molar-refractivity contribution >= 4 is 14.5 Å². The van der Waals surface area contributed by atoms with Crippen LogP contribution in [0.4, 0.5) is 4.39 Å². The van der Waals surface area contributed by atoms with E-state index in [4.69, 9.17) is 0 Å². The van der Waals surface area contributed by atoms with E-state index < -0.39 is 0 Å². The Morgan fingerprint density at radius 1 is 1.00 bits per heavy atom. The maximum Gasteiger partial charge on any atom is 0.123 e. The molecule has 0 amide bonds. The van der Waals surface area contributed by atoms with Crippen molar-refractivity contribution in [2.75, 3.05) is 13.1 Å². The molecule has 20 heavy (non-hydrogen) atoms. The Hall–Kier alpha value is -1.24. The van der Waals surface area contributed by atoms with Crippen molar-refractivity contribution in [2.45, 2.75) is 19.3 Å². The average Bonchev–Trinajstić information content (AvgIpc) is 2.66. The highest BCUT2D eigenvalue weighted by molar-refractivity contribution is 7.27. The predicted octanol–water partition coefficient (Wildman–Crippen LogP) is 2.61. The zero-order valence-electron chi connectivity index (χ0n) is 11.5. The van der Waals surface area contributed by atoms with Gasteiger partial charge in [0.2, 0.25) is 0 Å². The van der Waals surface area contributed by atoms with Gasteiger partial charge in [-0.1, -0.05) is 24.3 Å². The van der Waals surface area contributed by atoms with Gasteiger partial charge < -0.3 is 5.32 Å². The Labute approximate surface area is 121 Å². The number of hydrogen-bond acceptors (Lipinski definition) is 1. The first-order chi connectivity index (χ1) is 9.72. The van der Waals surface area contributed by atoms with Gasteiger partial charge in [-0.05, 0) is 72.0 Å². The van der Waals surface area contributed by atoms with Crippen molar-refractivity contribution in [1.82, 2.24) is 5.32 Å². The predicted molar refractivity (Wildman–Crippen MR) is 85.3 cm³/mol. The maximum absolute atomic E-state index is 13.1. The fourth-order valence-electron chi connectivity index (χ4n) is 2.78. The smallest absolute Gasteiger partial charge is 0.123 e. The summed E-state index contributed by atoms with van der Waals surface area (Å²) in [6.07, 6.45) is 3.07. The van der Waals surface area contributed by atoms with Crippen LogP contribution in [0.25, 0.3) is 0 Å². The Kier molecular flexibility index (Phi) is 4.14. The second kappa shape index (κ2) is 6.03. The summed E-state index contributed by atoms with van der Waals surface area (Å²) in [4.78, 5) is 0. The lowest BCUT2D eigenvalue weighted by Crippen LogP contribution is -2.16. The third-order valence-electron chi connectivity index (χ3n) is 3.92. The van der Waals surface area contributed by atoms with Gasteiger partial charge in [-0.3, -0.25) is 0 Å². The van der Waals surface area contributed by atoms with E-state index in [1.807, 2.05) is 6.07 Å². The number of hydrogen-bond donors (Lipinski definition) is 1. The van der Waals surface area contributed by atoms with Gasteiger partial charge in [0.15, 0.2) is 0 Å². The molecule has 0 bridgehead atoms. The van der Waals surface area contributed by atoms with Gasteiger partial charge in [0.25, 0.3) is 0 Å². The summed E-state index contributed by atoms with van der Waals surface area (Å²) in [6.45, 7) is 2.13.